The first kappa shape index (κ1) is 18.5. The number of rotatable bonds is 2. The molecule has 0 amide bonds. The van der Waals surface area contributed by atoms with E-state index in [9.17, 15) is 0 Å². The molecule has 156 valence electrons. The molecule has 0 saturated heterocycles. The van der Waals surface area contributed by atoms with Gasteiger partial charge in [0.25, 0.3) is 0 Å². The van der Waals surface area contributed by atoms with Gasteiger partial charge in [-0.15, -0.1) is 11.3 Å². The van der Waals surface area contributed by atoms with Crippen LogP contribution < -0.4 is 9.64 Å². The number of hydrogen-bond acceptors (Lipinski definition) is 3. The summed E-state index contributed by atoms with van der Waals surface area (Å²) in [6, 6.07) is 40.6. The molecule has 0 bridgehead atoms. The van der Waals surface area contributed by atoms with E-state index in [1.807, 2.05) is 35.6 Å². The van der Waals surface area contributed by atoms with Crippen molar-refractivity contribution in [3.05, 3.63) is 115 Å². The Morgan fingerprint density at radius 2 is 1.18 bits per heavy atom. The molecule has 33 heavy (non-hydrogen) atoms. The highest BCUT2D eigenvalue weighted by Crippen LogP contribution is 2.50. The number of nitrogens with zero attached hydrogens (tertiary/aromatic N) is 1. The molecular weight excluding hydrogens is 422 g/mol. The lowest BCUT2D eigenvalue weighted by Gasteiger charge is -2.32. The zero-order chi connectivity index (χ0) is 21.8. The summed E-state index contributed by atoms with van der Waals surface area (Å²) in [5.41, 5.74) is 5.73. The van der Waals surface area contributed by atoms with Crippen molar-refractivity contribution in [1.29, 1.82) is 0 Å². The molecule has 3 heteroatoms. The average molecular weight is 442 g/mol. The summed E-state index contributed by atoms with van der Waals surface area (Å²) in [5.74, 6) is 1.74. The van der Waals surface area contributed by atoms with E-state index >= 15 is 0 Å². The summed E-state index contributed by atoms with van der Waals surface area (Å²) in [7, 11) is 0. The zero-order valence-electron chi connectivity index (χ0n) is 17.7. The number of benzene rings is 5. The standard InChI is InChI=1S/C30H19NOS/c1-6-15-29-23(8-1)24-10-7-9-22(30(24)33-29)20-16-18-21(19-17-20)31-25-11-2-4-13-27(25)32-28-14-5-3-12-26(28)31/h1-19H. The van der Waals surface area contributed by atoms with E-state index in [1.54, 1.807) is 0 Å². The molecule has 0 atom stereocenters. The van der Waals surface area contributed by atoms with Gasteiger partial charge in [0.1, 0.15) is 0 Å². The Bertz CT molecular complexity index is 1600. The molecule has 2 heterocycles. The minimum atomic E-state index is 0.871. The van der Waals surface area contributed by atoms with Gasteiger partial charge >= 0.3 is 0 Å². The maximum Gasteiger partial charge on any atom is 0.151 e. The molecular formula is C30H19NOS. The van der Waals surface area contributed by atoms with Crippen molar-refractivity contribution >= 4 is 48.6 Å². The van der Waals surface area contributed by atoms with Gasteiger partial charge in [0.15, 0.2) is 11.5 Å². The number of thiophene rings is 1. The molecule has 0 aliphatic carbocycles. The van der Waals surface area contributed by atoms with Gasteiger partial charge in [-0.1, -0.05) is 72.8 Å². The zero-order valence-corrected chi connectivity index (χ0v) is 18.5. The van der Waals surface area contributed by atoms with Crippen molar-refractivity contribution < 1.29 is 4.74 Å². The molecule has 6 aromatic rings. The predicted molar refractivity (Wildman–Crippen MR) is 140 cm³/mol. The highest BCUT2D eigenvalue weighted by atomic mass is 32.1. The number of hydrogen-bond donors (Lipinski definition) is 0. The monoisotopic (exact) mass is 441 g/mol. The van der Waals surface area contributed by atoms with E-state index < -0.39 is 0 Å². The Hall–Kier alpha value is -4.08. The summed E-state index contributed by atoms with van der Waals surface area (Å²) >= 11 is 1.87. The Labute approximate surface area is 195 Å². The first-order valence-electron chi connectivity index (χ1n) is 11.0. The van der Waals surface area contributed by atoms with Crippen LogP contribution in [0.1, 0.15) is 0 Å². The van der Waals surface area contributed by atoms with Gasteiger partial charge in [0.2, 0.25) is 0 Å². The molecule has 0 fully saturated rings. The molecule has 5 aromatic carbocycles. The second-order valence-electron chi connectivity index (χ2n) is 8.20. The molecule has 1 aliphatic rings. The third kappa shape index (κ3) is 2.86. The van der Waals surface area contributed by atoms with Crippen molar-refractivity contribution in [1.82, 2.24) is 0 Å². The third-order valence-corrected chi connectivity index (χ3v) is 7.49. The Kier molecular flexibility index (Phi) is 4.05. The van der Waals surface area contributed by atoms with Gasteiger partial charge in [-0.3, -0.25) is 0 Å². The highest BCUT2D eigenvalue weighted by Gasteiger charge is 2.25. The van der Waals surface area contributed by atoms with E-state index in [0.717, 1.165) is 28.6 Å². The summed E-state index contributed by atoms with van der Waals surface area (Å²) in [5, 5.41) is 2.66. The highest BCUT2D eigenvalue weighted by molar-refractivity contribution is 7.26. The minimum absolute atomic E-state index is 0.871. The fourth-order valence-corrected chi connectivity index (χ4v) is 5.99. The van der Waals surface area contributed by atoms with E-state index in [2.05, 4.69) is 95.9 Å². The van der Waals surface area contributed by atoms with Gasteiger partial charge in [0.05, 0.1) is 11.4 Å². The third-order valence-electron chi connectivity index (χ3n) is 6.27. The Morgan fingerprint density at radius 3 is 1.94 bits per heavy atom. The average Bonchev–Trinajstić information content (AvgIpc) is 3.26. The van der Waals surface area contributed by atoms with Crippen LogP contribution in [0.25, 0.3) is 31.3 Å². The lowest BCUT2D eigenvalue weighted by atomic mass is 10.0. The lowest BCUT2D eigenvalue weighted by molar-refractivity contribution is 0.477. The minimum Gasteiger partial charge on any atom is -0.453 e. The van der Waals surface area contributed by atoms with Gasteiger partial charge < -0.3 is 9.64 Å². The van der Waals surface area contributed by atoms with Crippen molar-refractivity contribution in [2.24, 2.45) is 0 Å². The first-order chi connectivity index (χ1) is 16.4. The molecule has 0 spiro atoms. The SMILES string of the molecule is c1ccc2c(c1)Oc1ccccc1N2c1ccc(-c2cccc3c2sc2ccccc23)cc1. The molecule has 0 unspecified atom stereocenters. The van der Waals surface area contributed by atoms with Crippen molar-refractivity contribution in [3.8, 4) is 22.6 Å². The second kappa shape index (κ2) is 7.22. The number of para-hydroxylation sites is 4. The Balaban J connectivity index is 1.36. The number of anilines is 3. The van der Waals surface area contributed by atoms with Gasteiger partial charge in [0, 0.05) is 25.9 Å². The molecule has 0 radical (unpaired) electrons. The molecule has 2 nitrogen and oxygen atoms in total. The van der Waals surface area contributed by atoms with Crippen LogP contribution in [0.2, 0.25) is 0 Å². The largest absolute Gasteiger partial charge is 0.453 e. The van der Waals surface area contributed by atoms with Crippen LogP contribution in [-0.4, -0.2) is 0 Å². The van der Waals surface area contributed by atoms with Gasteiger partial charge in [-0.05, 0) is 53.6 Å². The van der Waals surface area contributed by atoms with Crippen molar-refractivity contribution in [2.45, 2.75) is 0 Å². The number of fused-ring (bicyclic) bond motifs is 5. The van der Waals surface area contributed by atoms with Crippen LogP contribution in [0.5, 0.6) is 11.5 Å². The van der Waals surface area contributed by atoms with Crippen LogP contribution in [-0.2, 0) is 0 Å². The van der Waals surface area contributed by atoms with E-state index in [1.165, 1.54) is 31.3 Å². The second-order valence-corrected chi connectivity index (χ2v) is 9.25. The fourth-order valence-electron chi connectivity index (χ4n) is 4.75. The maximum absolute atomic E-state index is 6.16. The maximum atomic E-state index is 6.16. The first-order valence-corrected chi connectivity index (χ1v) is 11.9. The predicted octanol–water partition coefficient (Wildman–Crippen LogP) is 9.30. The molecule has 7 rings (SSSR count). The van der Waals surface area contributed by atoms with E-state index in [-0.39, 0.29) is 0 Å². The topological polar surface area (TPSA) is 12.5 Å². The quantitative estimate of drug-likeness (QED) is 0.265. The van der Waals surface area contributed by atoms with Crippen LogP contribution >= 0.6 is 11.3 Å². The summed E-state index contributed by atoms with van der Waals surface area (Å²) in [6.45, 7) is 0. The van der Waals surface area contributed by atoms with Crippen molar-refractivity contribution in [2.75, 3.05) is 4.90 Å². The summed E-state index contributed by atoms with van der Waals surface area (Å²) in [6.07, 6.45) is 0. The van der Waals surface area contributed by atoms with Crippen LogP contribution in [0.4, 0.5) is 17.1 Å². The van der Waals surface area contributed by atoms with Gasteiger partial charge in [-0.2, -0.15) is 0 Å². The van der Waals surface area contributed by atoms with Crippen LogP contribution in [0.15, 0.2) is 115 Å². The van der Waals surface area contributed by atoms with Crippen LogP contribution in [0, 0.1) is 0 Å². The van der Waals surface area contributed by atoms with Crippen LogP contribution in [0.3, 0.4) is 0 Å². The van der Waals surface area contributed by atoms with E-state index in [0.29, 0.717) is 0 Å². The van der Waals surface area contributed by atoms with E-state index in [4.69, 9.17) is 4.74 Å². The summed E-state index contributed by atoms with van der Waals surface area (Å²) in [4.78, 5) is 2.28. The Morgan fingerprint density at radius 1 is 0.545 bits per heavy atom. The lowest BCUT2D eigenvalue weighted by Crippen LogP contribution is -2.15. The summed E-state index contributed by atoms with van der Waals surface area (Å²) < 4.78 is 8.83. The smallest absolute Gasteiger partial charge is 0.151 e. The molecule has 1 aliphatic heterocycles. The van der Waals surface area contributed by atoms with Gasteiger partial charge in [-0.25, -0.2) is 0 Å². The molecule has 1 aromatic heterocycles. The van der Waals surface area contributed by atoms with Crippen molar-refractivity contribution in [3.63, 3.8) is 0 Å². The fraction of sp³-hybridized carbons (Fsp3) is 0. The molecule has 0 N–H and O–H groups in total. The number of ether oxygens (including phenoxy) is 1. The molecule has 0 saturated carbocycles. The normalized spacial score (nSPS) is 12.4.